The van der Waals surface area contributed by atoms with Gasteiger partial charge in [0.1, 0.15) is 0 Å². The van der Waals surface area contributed by atoms with E-state index in [1.165, 1.54) is 6.26 Å². The first kappa shape index (κ1) is 23.8. The number of carbonyl (C=O) groups is 2. The molecule has 0 saturated carbocycles. The van der Waals surface area contributed by atoms with E-state index in [0.717, 1.165) is 27.9 Å². The molecule has 0 spiro atoms. The third-order valence-electron chi connectivity index (χ3n) is 6.00. The highest BCUT2D eigenvalue weighted by molar-refractivity contribution is 6.04. The van der Waals surface area contributed by atoms with Crippen molar-refractivity contribution in [3.63, 3.8) is 0 Å². The molecule has 0 fully saturated rings. The molecule has 0 aliphatic carbocycles. The number of hydrogen-bond acceptors (Lipinski definition) is 4. The molecule has 0 saturated heterocycles. The van der Waals surface area contributed by atoms with Crippen LogP contribution in [0, 0.1) is 6.92 Å². The predicted molar refractivity (Wildman–Crippen MR) is 142 cm³/mol. The van der Waals surface area contributed by atoms with Crippen LogP contribution in [-0.4, -0.2) is 21.6 Å². The van der Waals surface area contributed by atoms with Gasteiger partial charge in [-0.1, -0.05) is 66.7 Å². The molecule has 0 aliphatic rings. The van der Waals surface area contributed by atoms with E-state index in [0.29, 0.717) is 24.3 Å². The zero-order valence-corrected chi connectivity index (χ0v) is 20.3. The van der Waals surface area contributed by atoms with Gasteiger partial charge in [0.25, 0.3) is 11.8 Å². The molecule has 2 aromatic heterocycles. The van der Waals surface area contributed by atoms with Crippen molar-refractivity contribution in [2.24, 2.45) is 0 Å². The van der Waals surface area contributed by atoms with Crippen LogP contribution in [0.25, 0.3) is 11.3 Å². The lowest BCUT2D eigenvalue weighted by Crippen LogP contribution is -2.23. The molecule has 7 nitrogen and oxygen atoms in total. The Labute approximate surface area is 214 Å². The van der Waals surface area contributed by atoms with Crippen LogP contribution in [0.1, 0.15) is 37.6 Å². The van der Waals surface area contributed by atoms with Gasteiger partial charge in [-0.25, -0.2) is 0 Å². The Kier molecular flexibility index (Phi) is 6.94. The van der Waals surface area contributed by atoms with Crippen molar-refractivity contribution < 1.29 is 14.0 Å². The average molecular weight is 491 g/mol. The zero-order chi connectivity index (χ0) is 25.6. The first-order chi connectivity index (χ1) is 18.1. The van der Waals surface area contributed by atoms with Gasteiger partial charge in [0, 0.05) is 35.1 Å². The van der Waals surface area contributed by atoms with Gasteiger partial charge in [-0.05, 0) is 42.3 Å². The lowest BCUT2D eigenvalue weighted by molar-refractivity contribution is 0.0949. The molecule has 0 radical (unpaired) electrons. The highest BCUT2D eigenvalue weighted by Crippen LogP contribution is 2.23. The van der Waals surface area contributed by atoms with Crippen molar-refractivity contribution in [3.8, 4) is 11.3 Å². The maximum Gasteiger partial charge on any atom is 0.291 e. The van der Waals surface area contributed by atoms with Gasteiger partial charge in [0.2, 0.25) is 0 Å². The van der Waals surface area contributed by atoms with Crippen molar-refractivity contribution in [2.75, 3.05) is 5.32 Å². The number of aryl methyl sites for hydroxylation is 1. The van der Waals surface area contributed by atoms with Crippen LogP contribution in [0.4, 0.5) is 5.69 Å². The van der Waals surface area contributed by atoms with Gasteiger partial charge in [0.15, 0.2) is 5.76 Å². The number of furan rings is 1. The Morgan fingerprint density at radius 1 is 0.892 bits per heavy atom. The summed E-state index contributed by atoms with van der Waals surface area (Å²) in [4.78, 5) is 25.5. The number of anilines is 1. The Balaban J connectivity index is 1.33. The van der Waals surface area contributed by atoms with Crippen LogP contribution < -0.4 is 10.6 Å². The maximum atomic E-state index is 13.1. The third kappa shape index (κ3) is 5.67. The van der Waals surface area contributed by atoms with Crippen LogP contribution in [-0.2, 0) is 13.1 Å². The number of hydrogen-bond donors (Lipinski definition) is 2. The molecule has 7 heteroatoms. The molecular formula is C30H26N4O3. The monoisotopic (exact) mass is 490 g/mol. The lowest BCUT2D eigenvalue weighted by atomic mass is 10.1. The zero-order valence-electron chi connectivity index (χ0n) is 20.3. The number of nitrogens with zero attached hydrogens (tertiary/aromatic N) is 2. The molecule has 5 aromatic rings. The summed E-state index contributed by atoms with van der Waals surface area (Å²) in [5.41, 5.74) is 5.69. The van der Waals surface area contributed by atoms with E-state index in [-0.39, 0.29) is 17.6 Å². The van der Waals surface area contributed by atoms with Crippen molar-refractivity contribution >= 4 is 17.5 Å². The number of aromatic nitrogens is 2. The van der Waals surface area contributed by atoms with Gasteiger partial charge in [-0.3, -0.25) is 14.3 Å². The molecule has 0 atom stereocenters. The quantitative estimate of drug-likeness (QED) is 0.293. The molecule has 2 N–H and O–H groups in total. The van der Waals surface area contributed by atoms with E-state index in [1.54, 1.807) is 30.3 Å². The number of nitrogens with one attached hydrogen (secondary N) is 2. The summed E-state index contributed by atoms with van der Waals surface area (Å²) in [6.07, 6.45) is 3.41. The summed E-state index contributed by atoms with van der Waals surface area (Å²) in [6, 6.07) is 28.5. The Hall–Kier alpha value is -4.91. The van der Waals surface area contributed by atoms with E-state index in [1.807, 2.05) is 66.3 Å². The van der Waals surface area contributed by atoms with Crippen molar-refractivity contribution in [1.82, 2.24) is 15.1 Å². The van der Waals surface area contributed by atoms with E-state index < -0.39 is 0 Å². The van der Waals surface area contributed by atoms with Gasteiger partial charge >= 0.3 is 0 Å². The van der Waals surface area contributed by atoms with Gasteiger partial charge in [-0.2, -0.15) is 5.10 Å². The average Bonchev–Trinajstić information content (AvgIpc) is 3.60. The second kappa shape index (κ2) is 10.8. The number of rotatable bonds is 8. The summed E-state index contributed by atoms with van der Waals surface area (Å²) in [6.45, 7) is 2.80. The highest BCUT2D eigenvalue weighted by Gasteiger charge is 2.16. The van der Waals surface area contributed by atoms with Crippen LogP contribution in [0.3, 0.4) is 0 Å². The van der Waals surface area contributed by atoms with E-state index in [2.05, 4.69) is 22.8 Å². The van der Waals surface area contributed by atoms with Crippen molar-refractivity contribution in [3.05, 3.63) is 131 Å². The van der Waals surface area contributed by atoms with E-state index >= 15 is 0 Å². The largest absolute Gasteiger partial charge is 0.459 e. The molecule has 0 unspecified atom stereocenters. The van der Waals surface area contributed by atoms with Gasteiger partial charge in [0.05, 0.1) is 18.5 Å². The second-order valence-corrected chi connectivity index (χ2v) is 8.70. The molecule has 0 bridgehead atoms. The fraction of sp³-hybridized carbons (Fsp3) is 0.100. The topological polar surface area (TPSA) is 89.2 Å². The fourth-order valence-electron chi connectivity index (χ4n) is 4.05. The minimum absolute atomic E-state index is 0.204. The van der Waals surface area contributed by atoms with E-state index in [9.17, 15) is 9.59 Å². The minimum Gasteiger partial charge on any atom is -0.459 e. The maximum absolute atomic E-state index is 13.1. The van der Waals surface area contributed by atoms with Gasteiger partial charge < -0.3 is 15.1 Å². The summed E-state index contributed by atoms with van der Waals surface area (Å²) < 4.78 is 7.06. The molecule has 37 heavy (non-hydrogen) atoms. The molecule has 5 rings (SSSR count). The van der Waals surface area contributed by atoms with Crippen LogP contribution in [0.5, 0.6) is 0 Å². The third-order valence-corrected chi connectivity index (χ3v) is 6.00. The van der Waals surface area contributed by atoms with E-state index in [4.69, 9.17) is 9.52 Å². The van der Waals surface area contributed by atoms with Crippen LogP contribution in [0.2, 0.25) is 0 Å². The normalized spacial score (nSPS) is 10.7. The molecule has 184 valence electrons. The number of amides is 2. The summed E-state index contributed by atoms with van der Waals surface area (Å²) in [5, 5.41) is 10.6. The molecular weight excluding hydrogens is 464 g/mol. The molecule has 2 amide bonds. The Morgan fingerprint density at radius 2 is 1.65 bits per heavy atom. The fourth-order valence-corrected chi connectivity index (χ4v) is 4.05. The standard InChI is InChI=1S/C30H26N4O3/c1-21-14-15-24(17-26(21)32-30(36)27-13-8-16-37-27)29(35)31-18-25-20-34(19-22-9-4-2-5-10-22)33-28(25)23-11-6-3-7-12-23/h2-17,20H,18-19H2,1H3,(H,31,35)(H,32,36). The Bertz CT molecular complexity index is 1510. The lowest BCUT2D eigenvalue weighted by Gasteiger charge is -2.10. The first-order valence-corrected chi connectivity index (χ1v) is 12.0. The molecule has 3 aromatic carbocycles. The van der Waals surface area contributed by atoms with Gasteiger partial charge in [-0.15, -0.1) is 0 Å². The smallest absolute Gasteiger partial charge is 0.291 e. The first-order valence-electron chi connectivity index (χ1n) is 12.0. The summed E-state index contributed by atoms with van der Waals surface area (Å²) in [7, 11) is 0. The summed E-state index contributed by atoms with van der Waals surface area (Å²) >= 11 is 0. The summed E-state index contributed by atoms with van der Waals surface area (Å²) in [5.74, 6) is -0.414. The minimum atomic E-state index is -0.371. The molecule has 0 aliphatic heterocycles. The number of carbonyl (C=O) groups excluding carboxylic acids is 2. The van der Waals surface area contributed by atoms with Crippen LogP contribution in [0.15, 0.2) is 108 Å². The van der Waals surface area contributed by atoms with Crippen molar-refractivity contribution in [1.29, 1.82) is 0 Å². The molecule has 2 heterocycles. The number of benzene rings is 3. The Morgan fingerprint density at radius 3 is 2.38 bits per heavy atom. The second-order valence-electron chi connectivity index (χ2n) is 8.70. The van der Waals surface area contributed by atoms with Crippen LogP contribution >= 0.6 is 0 Å². The predicted octanol–water partition coefficient (Wildman–Crippen LogP) is 5.68. The highest BCUT2D eigenvalue weighted by atomic mass is 16.3. The SMILES string of the molecule is Cc1ccc(C(=O)NCc2cn(Cc3ccccc3)nc2-c2ccccc2)cc1NC(=O)c1ccco1. The van der Waals surface area contributed by atoms with Crippen molar-refractivity contribution in [2.45, 2.75) is 20.0 Å².